The van der Waals surface area contributed by atoms with E-state index in [0.717, 1.165) is 10.9 Å². The van der Waals surface area contributed by atoms with Gasteiger partial charge < -0.3 is 4.90 Å². The summed E-state index contributed by atoms with van der Waals surface area (Å²) in [5.41, 5.74) is -1.89. The Hall–Kier alpha value is -2.55. The van der Waals surface area contributed by atoms with Gasteiger partial charge in [-0.1, -0.05) is 29.8 Å². The van der Waals surface area contributed by atoms with E-state index >= 15 is 0 Å². The van der Waals surface area contributed by atoms with Crippen LogP contribution in [0.2, 0.25) is 10.0 Å². The Morgan fingerprint density at radius 3 is 2.27 bits per heavy atom. The molecule has 2 aromatic rings. The molecule has 1 aromatic heterocycles. The molecule has 0 radical (unpaired) electrons. The third-order valence-electron chi connectivity index (χ3n) is 3.66. The number of rotatable bonds is 5. The minimum Gasteiger partial charge on any atom is -0.369 e. The van der Waals surface area contributed by atoms with Gasteiger partial charge in [-0.3, -0.25) is 0 Å². The monoisotopic (exact) mass is 479 g/mol. The Balaban J connectivity index is 2.93. The average molecular weight is 480 g/mol. The van der Waals surface area contributed by atoms with Crippen LogP contribution in [0, 0.1) is 11.3 Å². The SMILES string of the molecule is C=C(c1c(C#N)nn(-c2c(Cl)cc(C(F)(F)F)cc2Cl)c1N=CN(C)C)S(C)(=O)=O. The zero-order valence-electron chi connectivity index (χ0n) is 15.8. The van der Waals surface area contributed by atoms with Gasteiger partial charge in [0.15, 0.2) is 21.3 Å². The van der Waals surface area contributed by atoms with Crippen molar-refractivity contribution in [2.24, 2.45) is 4.99 Å². The second-order valence-corrected chi connectivity index (χ2v) is 9.11. The molecule has 13 heteroatoms. The van der Waals surface area contributed by atoms with Crippen LogP contribution in [-0.4, -0.2) is 49.8 Å². The predicted octanol–water partition coefficient (Wildman–Crippen LogP) is 4.31. The van der Waals surface area contributed by atoms with Crippen molar-refractivity contribution >= 4 is 50.1 Å². The molecule has 0 bridgehead atoms. The Morgan fingerprint density at radius 1 is 1.33 bits per heavy atom. The van der Waals surface area contributed by atoms with Gasteiger partial charge in [-0.15, -0.1) is 0 Å². The lowest BCUT2D eigenvalue weighted by atomic mass is 10.2. The molecule has 0 saturated carbocycles. The van der Waals surface area contributed by atoms with Crippen LogP contribution in [0.25, 0.3) is 10.6 Å². The van der Waals surface area contributed by atoms with Crippen molar-refractivity contribution in [3.63, 3.8) is 0 Å². The molecule has 0 aliphatic carbocycles. The molecule has 1 aromatic carbocycles. The van der Waals surface area contributed by atoms with Crippen LogP contribution in [0.5, 0.6) is 0 Å². The first-order valence-corrected chi connectivity index (χ1v) is 10.5. The molecule has 1 heterocycles. The second kappa shape index (κ2) is 8.29. The number of benzene rings is 1. The third-order valence-corrected chi connectivity index (χ3v) is 5.34. The molecule has 0 N–H and O–H groups in total. The quantitative estimate of drug-likeness (QED) is 0.470. The first-order chi connectivity index (χ1) is 13.7. The molecule has 0 spiro atoms. The number of aliphatic imine (C=N–C) groups is 1. The maximum atomic E-state index is 13.0. The summed E-state index contributed by atoms with van der Waals surface area (Å²) >= 11 is 12.1. The van der Waals surface area contributed by atoms with Crippen LogP contribution >= 0.6 is 23.2 Å². The lowest BCUT2D eigenvalue weighted by molar-refractivity contribution is -0.137. The van der Waals surface area contributed by atoms with Gasteiger partial charge in [0, 0.05) is 20.4 Å². The van der Waals surface area contributed by atoms with Crippen LogP contribution in [0.1, 0.15) is 16.8 Å². The fraction of sp³-hybridized carbons (Fsp3) is 0.235. The number of nitriles is 1. The van der Waals surface area contributed by atoms with Gasteiger partial charge in [0.2, 0.25) is 0 Å². The maximum absolute atomic E-state index is 13.0. The van der Waals surface area contributed by atoms with Gasteiger partial charge in [-0.2, -0.15) is 23.5 Å². The second-order valence-electron chi connectivity index (χ2n) is 6.26. The summed E-state index contributed by atoms with van der Waals surface area (Å²) in [7, 11) is -0.619. The summed E-state index contributed by atoms with van der Waals surface area (Å²) in [4.78, 5) is 5.18. The minimum atomic E-state index is -4.70. The van der Waals surface area contributed by atoms with Gasteiger partial charge in [0.05, 0.1) is 32.4 Å². The van der Waals surface area contributed by atoms with E-state index in [1.807, 2.05) is 0 Å². The Morgan fingerprint density at radius 2 is 1.87 bits per heavy atom. The van der Waals surface area contributed by atoms with E-state index in [1.54, 1.807) is 20.2 Å². The van der Waals surface area contributed by atoms with Crippen LogP contribution in [0.15, 0.2) is 23.7 Å². The number of halogens is 5. The number of hydrogen-bond donors (Lipinski definition) is 0. The Labute approximate surface area is 180 Å². The summed E-state index contributed by atoms with van der Waals surface area (Å²) in [6.45, 7) is 3.50. The summed E-state index contributed by atoms with van der Waals surface area (Å²) in [5.74, 6) is -0.195. The minimum absolute atomic E-state index is 0.195. The number of nitrogens with zero attached hydrogens (tertiary/aromatic N) is 5. The molecule has 0 aliphatic heterocycles. The van der Waals surface area contributed by atoms with Crippen LogP contribution in [0.3, 0.4) is 0 Å². The molecule has 0 fully saturated rings. The molecule has 2 rings (SSSR count). The largest absolute Gasteiger partial charge is 0.416 e. The molecule has 0 amide bonds. The van der Waals surface area contributed by atoms with Crippen LogP contribution in [0.4, 0.5) is 19.0 Å². The van der Waals surface area contributed by atoms with Crippen molar-refractivity contribution < 1.29 is 21.6 Å². The molecular formula is C17H14Cl2F3N5O2S. The van der Waals surface area contributed by atoms with E-state index in [2.05, 4.69) is 16.7 Å². The number of aromatic nitrogens is 2. The molecule has 0 saturated heterocycles. The molecule has 0 aliphatic rings. The lowest BCUT2D eigenvalue weighted by Gasteiger charge is -2.14. The Kier molecular flexibility index (Phi) is 6.56. The summed E-state index contributed by atoms with van der Waals surface area (Å²) in [6, 6.07) is 3.01. The maximum Gasteiger partial charge on any atom is 0.416 e. The van der Waals surface area contributed by atoms with Crippen molar-refractivity contribution in [2.45, 2.75) is 6.18 Å². The van der Waals surface area contributed by atoms with Gasteiger partial charge >= 0.3 is 6.18 Å². The molecule has 0 unspecified atom stereocenters. The highest BCUT2D eigenvalue weighted by molar-refractivity contribution is 7.99. The fourth-order valence-corrected chi connectivity index (χ4v) is 3.51. The standard InChI is InChI=1S/C17H14Cl2F3N5O2S/c1-9(30(4,28)29)14-13(7-23)25-27(16(14)24-8-26(2)3)15-11(18)5-10(6-12(15)19)17(20,21)22/h5-6,8H,1H2,2-4H3. The zero-order valence-corrected chi connectivity index (χ0v) is 18.1. The highest BCUT2D eigenvalue weighted by atomic mass is 35.5. The molecular weight excluding hydrogens is 466 g/mol. The van der Waals surface area contributed by atoms with Crippen LogP contribution in [-0.2, 0) is 16.0 Å². The van der Waals surface area contributed by atoms with E-state index in [-0.39, 0.29) is 22.8 Å². The summed E-state index contributed by atoms with van der Waals surface area (Å²) < 4.78 is 64.1. The van der Waals surface area contributed by atoms with Crippen molar-refractivity contribution in [3.05, 3.63) is 45.6 Å². The normalized spacial score (nSPS) is 12.2. The highest BCUT2D eigenvalue weighted by Gasteiger charge is 2.33. The fourth-order valence-electron chi connectivity index (χ4n) is 2.31. The molecule has 7 nitrogen and oxygen atoms in total. The van der Waals surface area contributed by atoms with E-state index in [4.69, 9.17) is 23.2 Å². The smallest absolute Gasteiger partial charge is 0.369 e. The third kappa shape index (κ3) is 4.77. The van der Waals surface area contributed by atoms with E-state index in [1.165, 1.54) is 11.2 Å². The average Bonchev–Trinajstić information content (AvgIpc) is 2.95. The predicted molar refractivity (Wildman–Crippen MR) is 109 cm³/mol. The van der Waals surface area contributed by atoms with Crippen molar-refractivity contribution in [2.75, 3.05) is 20.4 Å². The highest BCUT2D eigenvalue weighted by Crippen LogP contribution is 2.41. The van der Waals surface area contributed by atoms with Gasteiger partial charge in [-0.05, 0) is 12.1 Å². The molecule has 160 valence electrons. The van der Waals surface area contributed by atoms with Crippen molar-refractivity contribution in [3.8, 4) is 11.8 Å². The van der Waals surface area contributed by atoms with Gasteiger partial charge in [0.25, 0.3) is 0 Å². The number of alkyl halides is 3. The Bertz CT molecular complexity index is 1170. The van der Waals surface area contributed by atoms with Gasteiger partial charge in [0.1, 0.15) is 11.8 Å². The van der Waals surface area contributed by atoms with Crippen LogP contribution < -0.4 is 0 Å². The summed E-state index contributed by atoms with van der Waals surface area (Å²) in [6.07, 6.45) is -2.54. The number of hydrogen-bond acceptors (Lipinski definition) is 5. The van der Waals surface area contributed by atoms with E-state index in [9.17, 15) is 26.9 Å². The van der Waals surface area contributed by atoms with E-state index in [0.29, 0.717) is 12.1 Å². The van der Waals surface area contributed by atoms with E-state index < -0.39 is 36.5 Å². The van der Waals surface area contributed by atoms with Crippen molar-refractivity contribution in [1.82, 2.24) is 14.7 Å². The summed E-state index contributed by atoms with van der Waals surface area (Å²) in [5, 5.41) is 12.6. The molecule has 30 heavy (non-hydrogen) atoms. The van der Waals surface area contributed by atoms with Crippen molar-refractivity contribution in [1.29, 1.82) is 5.26 Å². The van der Waals surface area contributed by atoms with Gasteiger partial charge in [-0.25, -0.2) is 18.1 Å². The molecule has 0 atom stereocenters. The lowest BCUT2D eigenvalue weighted by Crippen LogP contribution is -2.09. The first-order valence-electron chi connectivity index (χ1n) is 7.88. The topological polar surface area (TPSA) is 91.3 Å². The zero-order chi connectivity index (χ0) is 23.0. The number of sulfone groups is 1. The first kappa shape index (κ1) is 23.7.